The third-order valence-electron chi connectivity index (χ3n) is 0.987. The summed E-state index contributed by atoms with van der Waals surface area (Å²) in [6.45, 7) is 4.03. The summed E-state index contributed by atoms with van der Waals surface area (Å²) < 4.78 is 5.13. The average molecular weight is 136 g/mol. The summed E-state index contributed by atoms with van der Waals surface area (Å²) in [5.74, 6) is 0.641. The van der Waals surface area contributed by atoms with Gasteiger partial charge in [-0.25, -0.2) is 4.98 Å². The van der Waals surface area contributed by atoms with E-state index in [1.54, 1.807) is 12.3 Å². The van der Waals surface area contributed by atoms with Crippen molar-refractivity contribution >= 4 is 0 Å². The lowest BCUT2D eigenvalue weighted by Gasteiger charge is -1.98. The number of hydrogen-bond acceptors (Lipinski definition) is 2. The zero-order chi connectivity index (χ0) is 7.23. The van der Waals surface area contributed by atoms with Gasteiger partial charge < -0.3 is 4.74 Å². The molecule has 10 heavy (non-hydrogen) atoms. The fourth-order valence-corrected chi connectivity index (χ4v) is 0.577. The normalized spacial score (nSPS) is 8.80. The van der Waals surface area contributed by atoms with E-state index in [2.05, 4.69) is 11.6 Å². The van der Waals surface area contributed by atoms with Gasteiger partial charge in [-0.3, -0.25) is 0 Å². The van der Waals surface area contributed by atoms with Crippen LogP contribution in [0.15, 0.2) is 37.1 Å². The Morgan fingerprint density at radius 3 is 3.10 bits per heavy atom. The molecule has 1 heterocycles. The molecule has 0 aliphatic heterocycles. The molecule has 0 atom stereocenters. The Morgan fingerprint density at radius 1 is 1.60 bits per heavy atom. The Bertz CT molecular complexity index is 196. The predicted molar refractivity (Wildman–Crippen MR) is 39.9 cm³/mol. The Kier molecular flexibility index (Phi) is 2.49. The maximum atomic E-state index is 5.13. The van der Waals surface area contributed by atoms with Crippen molar-refractivity contribution in [3.8, 4) is 5.88 Å². The second-order valence-corrected chi connectivity index (χ2v) is 1.77. The maximum Gasteiger partial charge on any atom is 0.213 e. The first kappa shape index (κ1) is 6.81. The molecule has 52 valence electrons. The monoisotopic (exact) mass is 136 g/mol. The molecule has 1 aromatic rings. The van der Waals surface area contributed by atoms with Gasteiger partial charge in [-0.05, 0) is 6.07 Å². The molecule has 0 radical (unpaired) electrons. The quantitative estimate of drug-likeness (QED) is 0.589. The molecular weight excluding hydrogens is 127 g/mol. The van der Waals surface area contributed by atoms with Crippen LogP contribution in [0, 0.1) is 0 Å². The zero-order valence-corrected chi connectivity index (χ0v) is 5.66. The van der Waals surface area contributed by atoms with Crippen molar-refractivity contribution in [1.82, 2.24) is 4.98 Å². The summed E-state index contributed by atoms with van der Waals surface area (Å²) in [6, 6.07) is 5.54. The highest BCUT2D eigenvalue weighted by atomic mass is 16.6. The minimum Gasteiger partial charge on any atom is -0.473 e. The minimum absolute atomic E-state index is 0.511. The summed E-state index contributed by atoms with van der Waals surface area (Å²) in [6.07, 6.45) is 3.38. The highest BCUT2D eigenvalue weighted by Gasteiger charge is 1.86. The van der Waals surface area contributed by atoms with Gasteiger partial charge in [0.25, 0.3) is 0 Å². The lowest BCUT2D eigenvalue weighted by molar-refractivity contribution is 0.349. The highest BCUT2D eigenvalue weighted by Crippen LogP contribution is 2.01. The van der Waals surface area contributed by atoms with Gasteiger partial charge in [0.1, 0.15) is 6.61 Å². The van der Waals surface area contributed by atoms with Crippen LogP contribution in [-0.4, -0.2) is 11.6 Å². The van der Waals surface area contributed by atoms with E-state index in [9.17, 15) is 0 Å². The molecule has 0 aliphatic rings. The molecule has 0 saturated carbocycles. The zero-order valence-electron chi connectivity index (χ0n) is 5.66. The van der Waals surface area contributed by atoms with E-state index in [0.29, 0.717) is 12.5 Å². The molecule has 1 rings (SSSR count). The van der Waals surface area contributed by atoms with Crippen LogP contribution in [0.3, 0.4) is 0 Å². The molecule has 0 N–H and O–H groups in total. The first-order valence-electron chi connectivity index (χ1n) is 3.08. The lowest BCUT2D eigenvalue weighted by atomic mass is 10.6. The molecule has 0 fully saturated rings. The number of pyridine rings is 1. The van der Waals surface area contributed by atoms with Crippen LogP contribution in [0.4, 0.5) is 0 Å². The number of hydrogen-bond donors (Lipinski definition) is 0. The van der Waals surface area contributed by atoms with Crippen LogP contribution >= 0.6 is 0 Å². The molecule has 2 nitrogen and oxygen atoms in total. The van der Waals surface area contributed by atoms with Crippen molar-refractivity contribution in [2.75, 3.05) is 6.61 Å². The van der Waals surface area contributed by atoms with Gasteiger partial charge in [-0.2, -0.15) is 0 Å². The van der Waals surface area contributed by atoms with Gasteiger partial charge in [-0.15, -0.1) is 0 Å². The molecular formula is C8H9NO. The van der Waals surface area contributed by atoms with E-state index in [1.807, 2.05) is 18.2 Å². The van der Waals surface area contributed by atoms with Crippen molar-refractivity contribution in [1.29, 1.82) is 0 Å². The van der Waals surface area contributed by atoms with E-state index in [4.69, 9.17) is 4.74 Å². The molecule has 0 bridgehead atoms. The summed E-state index contributed by atoms with van der Waals surface area (Å²) in [5.41, 5.74) is 0. The average Bonchev–Trinajstić information content (AvgIpc) is 2.03. The largest absolute Gasteiger partial charge is 0.473 e. The fourth-order valence-electron chi connectivity index (χ4n) is 0.577. The van der Waals surface area contributed by atoms with Gasteiger partial charge in [0.15, 0.2) is 0 Å². The Labute approximate surface area is 60.2 Å². The van der Waals surface area contributed by atoms with Crippen LogP contribution in [0.5, 0.6) is 5.88 Å². The number of aromatic nitrogens is 1. The van der Waals surface area contributed by atoms with Crippen LogP contribution in [-0.2, 0) is 0 Å². The van der Waals surface area contributed by atoms with Gasteiger partial charge in [-0.1, -0.05) is 18.7 Å². The molecule has 2 heteroatoms. The van der Waals surface area contributed by atoms with Crippen LogP contribution in [0.2, 0.25) is 0 Å². The van der Waals surface area contributed by atoms with Crippen molar-refractivity contribution in [2.24, 2.45) is 0 Å². The topological polar surface area (TPSA) is 22.1 Å². The maximum absolute atomic E-state index is 5.13. The van der Waals surface area contributed by atoms with Crippen LogP contribution in [0.1, 0.15) is 0 Å². The Morgan fingerprint density at radius 2 is 2.50 bits per heavy atom. The van der Waals surface area contributed by atoms with Gasteiger partial charge in [0.2, 0.25) is 5.88 Å². The van der Waals surface area contributed by atoms with Crippen LogP contribution < -0.4 is 4.74 Å². The first-order valence-corrected chi connectivity index (χ1v) is 3.08. The number of ether oxygens (including phenoxy) is 1. The van der Waals surface area contributed by atoms with Crippen molar-refractivity contribution in [3.05, 3.63) is 37.1 Å². The summed E-state index contributed by atoms with van der Waals surface area (Å²) in [5, 5.41) is 0. The Hall–Kier alpha value is -1.31. The molecule has 1 aromatic heterocycles. The fraction of sp³-hybridized carbons (Fsp3) is 0.125. The van der Waals surface area contributed by atoms with Gasteiger partial charge in [0.05, 0.1) is 0 Å². The van der Waals surface area contributed by atoms with E-state index < -0.39 is 0 Å². The predicted octanol–water partition coefficient (Wildman–Crippen LogP) is 1.65. The van der Waals surface area contributed by atoms with Gasteiger partial charge >= 0.3 is 0 Å². The number of rotatable bonds is 3. The Balaban J connectivity index is 2.50. The minimum atomic E-state index is 0.511. The third kappa shape index (κ3) is 1.90. The smallest absolute Gasteiger partial charge is 0.213 e. The third-order valence-corrected chi connectivity index (χ3v) is 0.987. The molecule has 0 saturated heterocycles. The molecule has 0 unspecified atom stereocenters. The SMILES string of the molecule is C=CCO[13c]1ccccn1. The summed E-state index contributed by atoms with van der Waals surface area (Å²) in [7, 11) is 0. The molecule has 0 aromatic carbocycles. The van der Waals surface area contributed by atoms with Crippen molar-refractivity contribution < 1.29 is 4.74 Å². The summed E-state index contributed by atoms with van der Waals surface area (Å²) >= 11 is 0. The second-order valence-electron chi connectivity index (χ2n) is 1.77. The standard InChI is InChI=1S/C8H9NO/c1-2-7-10-8-5-3-4-6-9-8/h2-6H,1,7H2/i8+1. The highest BCUT2D eigenvalue weighted by molar-refractivity contribution is 5.09. The van der Waals surface area contributed by atoms with E-state index in [1.165, 1.54) is 0 Å². The molecule has 0 amide bonds. The molecule has 0 spiro atoms. The summed E-state index contributed by atoms with van der Waals surface area (Å²) in [4.78, 5) is 3.95. The first-order chi connectivity index (χ1) is 4.93. The van der Waals surface area contributed by atoms with E-state index in [-0.39, 0.29) is 0 Å². The van der Waals surface area contributed by atoms with Crippen LogP contribution in [0.25, 0.3) is 0 Å². The second kappa shape index (κ2) is 3.67. The van der Waals surface area contributed by atoms with Crippen molar-refractivity contribution in [2.45, 2.75) is 0 Å². The lowest BCUT2D eigenvalue weighted by Crippen LogP contribution is -1.93. The number of nitrogens with zero attached hydrogens (tertiary/aromatic N) is 1. The van der Waals surface area contributed by atoms with Crippen molar-refractivity contribution in [3.63, 3.8) is 0 Å². The molecule has 0 aliphatic carbocycles. The van der Waals surface area contributed by atoms with E-state index in [0.717, 1.165) is 0 Å². The van der Waals surface area contributed by atoms with E-state index >= 15 is 0 Å². The van der Waals surface area contributed by atoms with Gasteiger partial charge in [0, 0.05) is 12.3 Å².